The van der Waals surface area contributed by atoms with Crippen LogP contribution < -0.4 is 0 Å². The Balaban J connectivity index is 3.80. The Morgan fingerprint density at radius 1 is 1.06 bits per heavy atom. The van der Waals surface area contributed by atoms with E-state index in [9.17, 15) is 4.79 Å². The molecular formula is C14H27O2. The Morgan fingerprint density at radius 3 is 1.94 bits per heavy atom. The van der Waals surface area contributed by atoms with Crippen molar-refractivity contribution in [2.24, 2.45) is 5.92 Å². The predicted octanol–water partition coefficient (Wildman–Crippen LogP) is 4.49. The topological polar surface area (TPSA) is 26.3 Å². The van der Waals surface area contributed by atoms with Crippen molar-refractivity contribution in [3.05, 3.63) is 7.11 Å². The maximum absolute atomic E-state index is 11.2. The van der Waals surface area contributed by atoms with E-state index in [4.69, 9.17) is 0 Å². The Kier molecular flexibility index (Phi) is 10.6. The van der Waals surface area contributed by atoms with Crippen LogP contribution in [-0.4, -0.2) is 5.97 Å². The van der Waals surface area contributed by atoms with E-state index in [1.54, 1.807) is 0 Å². The first-order valence-electron chi connectivity index (χ1n) is 6.69. The number of carbonyl (C=O) groups excluding carboxylic acids is 1. The van der Waals surface area contributed by atoms with E-state index in [0.717, 1.165) is 12.8 Å². The van der Waals surface area contributed by atoms with Crippen LogP contribution in [0.25, 0.3) is 0 Å². The molecule has 95 valence electrons. The molecule has 0 aromatic rings. The van der Waals surface area contributed by atoms with Crippen molar-refractivity contribution in [3.63, 3.8) is 0 Å². The van der Waals surface area contributed by atoms with Crippen molar-refractivity contribution >= 4 is 5.97 Å². The zero-order valence-electron chi connectivity index (χ0n) is 11.0. The Hall–Kier alpha value is -0.530. The third-order valence-electron chi connectivity index (χ3n) is 3.05. The molecule has 2 nitrogen and oxygen atoms in total. The van der Waals surface area contributed by atoms with Gasteiger partial charge in [-0.3, -0.25) is 4.79 Å². The van der Waals surface area contributed by atoms with Crippen LogP contribution in [0.3, 0.4) is 0 Å². The molecular weight excluding hydrogens is 200 g/mol. The van der Waals surface area contributed by atoms with Gasteiger partial charge in [0.15, 0.2) is 0 Å². The van der Waals surface area contributed by atoms with Crippen molar-refractivity contribution in [2.45, 2.75) is 71.6 Å². The summed E-state index contributed by atoms with van der Waals surface area (Å²) in [6.07, 6.45) is 10.3. The van der Waals surface area contributed by atoms with Crippen LogP contribution in [0.4, 0.5) is 0 Å². The zero-order valence-corrected chi connectivity index (χ0v) is 11.0. The summed E-state index contributed by atoms with van der Waals surface area (Å²) in [6.45, 7) is 4.41. The van der Waals surface area contributed by atoms with Crippen molar-refractivity contribution in [1.29, 1.82) is 0 Å². The summed E-state index contributed by atoms with van der Waals surface area (Å²) in [6, 6.07) is 0. The average molecular weight is 227 g/mol. The van der Waals surface area contributed by atoms with Crippen molar-refractivity contribution in [1.82, 2.24) is 0 Å². The molecule has 0 aliphatic heterocycles. The summed E-state index contributed by atoms with van der Waals surface area (Å²) >= 11 is 0. The molecule has 0 aromatic heterocycles. The molecule has 0 amide bonds. The first kappa shape index (κ1) is 15.5. The minimum Gasteiger partial charge on any atom is -0.462 e. The predicted molar refractivity (Wildman–Crippen MR) is 67.8 cm³/mol. The van der Waals surface area contributed by atoms with Crippen molar-refractivity contribution < 1.29 is 9.53 Å². The number of esters is 1. The standard InChI is InChI=1S/C14H27O2/c1-4-6-8-10-13(11-9-7-5-2)12-14(15)16-3/h13H,3-12H2,1-2H3. The lowest BCUT2D eigenvalue weighted by atomic mass is 9.92. The molecule has 0 aliphatic carbocycles. The highest BCUT2D eigenvalue weighted by atomic mass is 16.5. The minimum atomic E-state index is -0.155. The second-order valence-corrected chi connectivity index (χ2v) is 4.58. The van der Waals surface area contributed by atoms with Crippen LogP contribution in [0.2, 0.25) is 0 Å². The fourth-order valence-electron chi connectivity index (χ4n) is 2.01. The Morgan fingerprint density at radius 2 is 1.56 bits per heavy atom. The number of hydrogen-bond donors (Lipinski definition) is 0. The lowest BCUT2D eigenvalue weighted by Gasteiger charge is -2.15. The molecule has 0 unspecified atom stereocenters. The smallest absolute Gasteiger partial charge is 0.306 e. The number of rotatable bonds is 10. The van der Waals surface area contributed by atoms with Crippen molar-refractivity contribution in [2.75, 3.05) is 0 Å². The highest BCUT2D eigenvalue weighted by Gasteiger charge is 2.13. The van der Waals surface area contributed by atoms with E-state index in [2.05, 4.69) is 25.7 Å². The van der Waals surface area contributed by atoms with E-state index >= 15 is 0 Å². The van der Waals surface area contributed by atoms with Crippen molar-refractivity contribution in [3.8, 4) is 0 Å². The molecule has 0 bridgehead atoms. The molecule has 0 fully saturated rings. The van der Waals surface area contributed by atoms with Gasteiger partial charge in [-0.1, -0.05) is 52.4 Å². The summed E-state index contributed by atoms with van der Waals surface area (Å²) < 4.78 is 4.50. The summed E-state index contributed by atoms with van der Waals surface area (Å²) in [5.74, 6) is 0.352. The van der Waals surface area contributed by atoms with Gasteiger partial charge >= 0.3 is 5.97 Å². The lowest BCUT2D eigenvalue weighted by Crippen LogP contribution is -2.09. The highest BCUT2D eigenvalue weighted by molar-refractivity contribution is 5.69. The van der Waals surface area contributed by atoms with Gasteiger partial charge in [-0.05, 0) is 18.8 Å². The maximum atomic E-state index is 11.2. The molecule has 0 N–H and O–H groups in total. The molecule has 0 heterocycles. The molecule has 0 atom stereocenters. The summed E-state index contributed by atoms with van der Waals surface area (Å²) in [7, 11) is 3.18. The monoisotopic (exact) mass is 227 g/mol. The first-order valence-corrected chi connectivity index (χ1v) is 6.69. The van der Waals surface area contributed by atoms with E-state index in [1.807, 2.05) is 0 Å². The largest absolute Gasteiger partial charge is 0.462 e. The van der Waals surface area contributed by atoms with Gasteiger partial charge < -0.3 is 4.74 Å². The third kappa shape index (κ3) is 8.75. The van der Waals surface area contributed by atoms with E-state index < -0.39 is 0 Å². The number of ether oxygens (including phenoxy) is 1. The second kappa shape index (κ2) is 11.0. The maximum Gasteiger partial charge on any atom is 0.306 e. The van der Waals surface area contributed by atoms with Gasteiger partial charge in [0, 0.05) is 6.42 Å². The fourth-order valence-corrected chi connectivity index (χ4v) is 2.01. The highest BCUT2D eigenvalue weighted by Crippen LogP contribution is 2.21. The molecule has 0 aromatic carbocycles. The molecule has 0 saturated carbocycles. The van der Waals surface area contributed by atoms with Crippen LogP contribution in [0.15, 0.2) is 0 Å². The Bertz CT molecular complexity index is 156. The fraction of sp³-hybridized carbons (Fsp3) is 0.857. The van der Waals surface area contributed by atoms with E-state index in [1.165, 1.54) is 38.5 Å². The van der Waals surface area contributed by atoms with Gasteiger partial charge in [-0.25, -0.2) is 0 Å². The molecule has 16 heavy (non-hydrogen) atoms. The van der Waals surface area contributed by atoms with Gasteiger partial charge in [-0.15, -0.1) is 0 Å². The molecule has 1 radical (unpaired) electrons. The van der Waals surface area contributed by atoms with E-state index in [0.29, 0.717) is 12.3 Å². The molecule has 0 spiro atoms. The molecule has 0 aliphatic rings. The zero-order chi connectivity index (χ0) is 12.2. The minimum absolute atomic E-state index is 0.155. The van der Waals surface area contributed by atoms with Crippen LogP contribution in [-0.2, 0) is 9.53 Å². The average Bonchev–Trinajstić information content (AvgIpc) is 2.29. The number of carbonyl (C=O) groups is 1. The Labute approximate surface area is 101 Å². The van der Waals surface area contributed by atoms with Crippen LogP contribution in [0, 0.1) is 13.0 Å². The molecule has 0 saturated heterocycles. The lowest BCUT2D eigenvalue weighted by molar-refractivity contribution is -0.139. The van der Waals surface area contributed by atoms with Gasteiger partial charge in [0.1, 0.15) is 7.11 Å². The molecule has 0 rings (SSSR count). The number of unbranched alkanes of at least 4 members (excludes halogenated alkanes) is 4. The van der Waals surface area contributed by atoms with Gasteiger partial charge in [0.2, 0.25) is 0 Å². The third-order valence-corrected chi connectivity index (χ3v) is 3.05. The summed E-state index contributed by atoms with van der Waals surface area (Å²) in [5, 5.41) is 0. The van der Waals surface area contributed by atoms with Crippen LogP contribution in [0.5, 0.6) is 0 Å². The van der Waals surface area contributed by atoms with E-state index in [-0.39, 0.29) is 5.97 Å². The second-order valence-electron chi connectivity index (χ2n) is 4.58. The first-order chi connectivity index (χ1) is 7.74. The SMILES string of the molecule is [CH2]OC(=O)CC(CCCCC)CCCCC. The molecule has 2 heteroatoms. The summed E-state index contributed by atoms with van der Waals surface area (Å²) in [5.41, 5.74) is 0. The quantitative estimate of drug-likeness (QED) is 0.406. The normalized spacial score (nSPS) is 10.8. The van der Waals surface area contributed by atoms with Gasteiger partial charge in [0.25, 0.3) is 0 Å². The summed E-state index contributed by atoms with van der Waals surface area (Å²) in [4.78, 5) is 11.2. The number of hydrogen-bond acceptors (Lipinski definition) is 2. The van der Waals surface area contributed by atoms with Crippen LogP contribution in [0.1, 0.15) is 71.6 Å². The van der Waals surface area contributed by atoms with Gasteiger partial charge in [0.05, 0.1) is 0 Å². The van der Waals surface area contributed by atoms with Gasteiger partial charge in [-0.2, -0.15) is 0 Å². The van der Waals surface area contributed by atoms with Crippen LogP contribution >= 0.6 is 0 Å².